The fraction of sp³-hybridized carbons (Fsp3) is 0.444. The van der Waals surface area contributed by atoms with E-state index in [9.17, 15) is 13.2 Å². The first-order valence-electron chi connectivity index (χ1n) is 4.66. The zero-order valence-electron chi connectivity index (χ0n) is 8.71. The van der Waals surface area contributed by atoms with Crippen molar-refractivity contribution >= 4 is 16.0 Å². The van der Waals surface area contributed by atoms with E-state index in [2.05, 4.69) is 4.72 Å². The van der Waals surface area contributed by atoms with Crippen LogP contribution in [0.5, 0.6) is 0 Å². The van der Waals surface area contributed by atoms with Crippen LogP contribution in [-0.2, 0) is 14.8 Å². The van der Waals surface area contributed by atoms with Crippen molar-refractivity contribution in [1.29, 1.82) is 0 Å². The number of furan rings is 1. The number of hydrogen-bond acceptors (Lipinski definition) is 4. The zero-order valence-corrected chi connectivity index (χ0v) is 9.53. The van der Waals surface area contributed by atoms with Crippen LogP contribution in [0.15, 0.2) is 22.8 Å². The van der Waals surface area contributed by atoms with E-state index >= 15 is 0 Å². The van der Waals surface area contributed by atoms with Gasteiger partial charge in [0.2, 0.25) is 10.0 Å². The topological polar surface area (TPSA) is 96.6 Å². The summed E-state index contributed by atoms with van der Waals surface area (Å²) in [6.45, 7) is 1.62. The molecule has 1 rings (SSSR count). The molecule has 0 radical (unpaired) electrons. The molecule has 0 aromatic carbocycles. The molecule has 0 saturated carbocycles. The second kappa shape index (κ2) is 5.13. The second-order valence-electron chi connectivity index (χ2n) is 3.32. The molecule has 1 aromatic heterocycles. The highest BCUT2D eigenvalue weighted by Gasteiger charge is 2.18. The van der Waals surface area contributed by atoms with Gasteiger partial charge in [-0.2, -0.15) is 0 Å². The van der Waals surface area contributed by atoms with Crippen molar-refractivity contribution in [3.05, 3.63) is 24.2 Å². The van der Waals surface area contributed by atoms with Crippen molar-refractivity contribution < 1.29 is 22.7 Å². The van der Waals surface area contributed by atoms with Crippen molar-refractivity contribution in [2.75, 3.05) is 5.75 Å². The summed E-state index contributed by atoms with van der Waals surface area (Å²) in [4.78, 5) is 10.2. The highest BCUT2D eigenvalue weighted by atomic mass is 32.2. The minimum atomic E-state index is -3.59. The van der Waals surface area contributed by atoms with Gasteiger partial charge in [-0.25, -0.2) is 13.1 Å². The van der Waals surface area contributed by atoms with E-state index in [1.54, 1.807) is 19.1 Å². The molecule has 0 amide bonds. The van der Waals surface area contributed by atoms with Gasteiger partial charge in [0.1, 0.15) is 5.76 Å². The van der Waals surface area contributed by atoms with E-state index in [-0.39, 0.29) is 0 Å². The summed E-state index contributed by atoms with van der Waals surface area (Å²) in [5, 5.41) is 8.38. The molecule has 1 atom stereocenters. The Morgan fingerprint density at radius 3 is 2.81 bits per heavy atom. The average molecular weight is 247 g/mol. The van der Waals surface area contributed by atoms with Crippen LogP contribution in [0.2, 0.25) is 0 Å². The number of aliphatic carboxylic acids is 1. The van der Waals surface area contributed by atoms with Crippen LogP contribution in [0, 0.1) is 0 Å². The molecule has 1 heterocycles. The smallest absolute Gasteiger partial charge is 0.304 e. The summed E-state index contributed by atoms with van der Waals surface area (Å²) in [6, 6.07) is 2.79. The van der Waals surface area contributed by atoms with Gasteiger partial charge in [0.05, 0.1) is 24.5 Å². The van der Waals surface area contributed by atoms with Crippen molar-refractivity contribution in [2.45, 2.75) is 19.4 Å². The number of nitrogens with one attached hydrogen (secondary N) is 1. The van der Waals surface area contributed by atoms with E-state index in [1.807, 2.05) is 0 Å². The van der Waals surface area contributed by atoms with Crippen LogP contribution >= 0.6 is 0 Å². The van der Waals surface area contributed by atoms with Crippen LogP contribution in [0.4, 0.5) is 0 Å². The van der Waals surface area contributed by atoms with Gasteiger partial charge >= 0.3 is 5.97 Å². The van der Waals surface area contributed by atoms with E-state index < -0.39 is 34.2 Å². The van der Waals surface area contributed by atoms with Gasteiger partial charge < -0.3 is 9.52 Å². The summed E-state index contributed by atoms with van der Waals surface area (Å²) >= 11 is 0. The Labute approximate surface area is 93.3 Å². The summed E-state index contributed by atoms with van der Waals surface area (Å²) in [6.07, 6.45) is 1.03. The number of carboxylic acids is 1. The number of hydrogen-bond donors (Lipinski definition) is 2. The van der Waals surface area contributed by atoms with Crippen LogP contribution in [0.25, 0.3) is 0 Å². The molecule has 0 aliphatic rings. The largest absolute Gasteiger partial charge is 0.481 e. The fourth-order valence-electron chi connectivity index (χ4n) is 1.15. The van der Waals surface area contributed by atoms with E-state index in [0.29, 0.717) is 5.76 Å². The molecule has 0 saturated heterocycles. The Kier molecular flexibility index (Phi) is 4.08. The normalized spacial score (nSPS) is 13.6. The maximum Gasteiger partial charge on any atom is 0.304 e. The first kappa shape index (κ1) is 12.7. The minimum Gasteiger partial charge on any atom is -0.481 e. The molecule has 7 heteroatoms. The molecule has 0 aliphatic carbocycles. The van der Waals surface area contributed by atoms with E-state index in [4.69, 9.17) is 9.52 Å². The van der Waals surface area contributed by atoms with Gasteiger partial charge in [0.25, 0.3) is 0 Å². The summed E-state index contributed by atoms with van der Waals surface area (Å²) in [5.74, 6) is -1.09. The zero-order chi connectivity index (χ0) is 12.2. The van der Waals surface area contributed by atoms with E-state index in [1.165, 1.54) is 6.26 Å². The fourth-order valence-corrected chi connectivity index (χ4v) is 2.36. The van der Waals surface area contributed by atoms with Gasteiger partial charge in [-0.05, 0) is 19.1 Å². The first-order chi connectivity index (χ1) is 7.41. The highest BCUT2D eigenvalue weighted by Crippen LogP contribution is 2.13. The monoisotopic (exact) mass is 247 g/mol. The summed E-state index contributed by atoms with van der Waals surface area (Å²) in [7, 11) is -3.59. The summed E-state index contributed by atoms with van der Waals surface area (Å²) < 4.78 is 30.2. The number of carbonyl (C=O) groups is 1. The molecule has 2 N–H and O–H groups in total. The minimum absolute atomic E-state index is 0.416. The molecule has 0 fully saturated rings. The van der Waals surface area contributed by atoms with Gasteiger partial charge in [-0.3, -0.25) is 4.79 Å². The van der Waals surface area contributed by atoms with Crippen molar-refractivity contribution in [2.24, 2.45) is 0 Å². The molecule has 0 spiro atoms. The lowest BCUT2D eigenvalue weighted by atomic mass is 10.3. The molecule has 0 aliphatic heterocycles. The molecule has 1 unspecified atom stereocenters. The lowest BCUT2D eigenvalue weighted by Gasteiger charge is -2.10. The van der Waals surface area contributed by atoms with Crippen LogP contribution in [0.3, 0.4) is 0 Å². The number of carboxylic acid groups (broad SMARTS) is 1. The molecule has 1 aromatic rings. The molecule has 0 bridgehead atoms. The molecule has 90 valence electrons. The van der Waals surface area contributed by atoms with Crippen molar-refractivity contribution in [3.63, 3.8) is 0 Å². The quantitative estimate of drug-likeness (QED) is 0.772. The Bertz CT molecular complexity index is 436. The SMILES string of the molecule is CC(NS(=O)(=O)CCC(=O)O)c1ccco1. The summed E-state index contributed by atoms with van der Waals surface area (Å²) in [5.41, 5.74) is 0. The Hall–Kier alpha value is -1.34. The van der Waals surface area contributed by atoms with Gasteiger partial charge in [0.15, 0.2) is 0 Å². The molecular formula is C9H13NO5S. The van der Waals surface area contributed by atoms with Gasteiger partial charge in [-0.15, -0.1) is 0 Å². The number of sulfonamides is 1. The van der Waals surface area contributed by atoms with Gasteiger partial charge in [-0.1, -0.05) is 0 Å². The third-order valence-corrected chi connectivity index (χ3v) is 3.37. The van der Waals surface area contributed by atoms with E-state index in [0.717, 1.165) is 0 Å². The molecule has 6 nitrogen and oxygen atoms in total. The Balaban J connectivity index is 2.56. The predicted molar refractivity (Wildman–Crippen MR) is 56.3 cm³/mol. The highest BCUT2D eigenvalue weighted by molar-refractivity contribution is 7.89. The maximum absolute atomic E-state index is 11.4. The third-order valence-electron chi connectivity index (χ3n) is 1.91. The maximum atomic E-state index is 11.4. The molecule has 16 heavy (non-hydrogen) atoms. The first-order valence-corrected chi connectivity index (χ1v) is 6.31. The van der Waals surface area contributed by atoms with Crippen molar-refractivity contribution in [3.8, 4) is 0 Å². The average Bonchev–Trinajstić information content (AvgIpc) is 2.67. The lowest BCUT2D eigenvalue weighted by Crippen LogP contribution is -2.29. The van der Waals surface area contributed by atoms with Crippen LogP contribution in [0.1, 0.15) is 25.1 Å². The van der Waals surface area contributed by atoms with Crippen molar-refractivity contribution in [1.82, 2.24) is 4.72 Å². The standard InChI is InChI=1S/C9H13NO5S/c1-7(8-3-2-5-15-8)10-16(13,14)6-4-9(11)12/h2-3,5,7,10H,4,6H2,1H3,(H,11,12). The predicted octanol–water partition coefficient (Wildman–Crippen LogP) is 0.735. The number of rotatable bonds is 6. The lowest BCUT2D eigenvalue weighted by molar-refractivity contribution is -0.136. The molecular weight excluding hydrogens is 234 g/mol. The van der Waals surface area contributed by atoms with Crippen LogP contribution in [-0.4, -0.2) is 25.2 Å². The second-order valence-corrected chi connectivity index (χ2v) is 5.19. The Morgan fingerprint density at radius 2 is 2.31 bits per heavy atom. The van der Waals surface area contributed by atoms with Gasteiger partial charge in [0, 0.05) is 0 Å². The third kappa shape index (κ3) is 4.03. The van der Waals surface area contributed by atoms with Crippen LogP contribution < -0.4 is 4.72 Å². The Morgan fingerprint density at radius 1 is 1.62 bits per heavy atom.